The van der Waals surface area contributed by atoms with Gasteiger partial charge in [0.25, 0.3) is 10.0 Å². The van der Waals surface area contributed by atoms with Crippen LogP contribution in [0.3, 0.4) is 0 Å². The third-order valence-electron chi connectivity index (χ3n) is 5.81. The van der Waals surface area contributed by atoms with E-state index in [0.29, 0.717) is 27.8 Å². The molecule has 196 valence electrons. The number of carbonyl (C=O) groups excluding carboxylic acids is 2. The highest BCUT2D eigenvalue weighted by atomic mass is 35.5. The van der Waals surface area contributed by atoms with Crippen molar-refractivity contribution in [2.75, 3.05) is 17.4 Å². The van der Waals surface area contributed by atoms with Crippen molar-refractivity contribution < 1.29 is 18.0 Å². The van der Waals surface area contributed by atoms with Gasteiger partial charge in [-0.1, -0.05) is 65.2 Å². The Morgan fingerprint density at radius 1 is 0.973 bits per heavy atom. The van der Waals surface area contributed by atoms with E-state index in [9.17, 15) is 18.0 Å². The molecule has 3 aromatic carbocycles. The van der Waals surface area contributed by atoms with Gasteiger partial charge in [-0.25, -0.2) is 8.42 Å². The van der Waals surface area contributed by atoms with Crippen LogP contribution in [0.15, 0.2) is 77.7 Å². The number of nitrogens with one attached hydrogen (secondary N) is 1. The van der Waals surface area contributed by atoms with Gasteiger partial charge in [-0.3, -0.25) is 13.9 Å². The third kappa shape index (κ3) is 7.03. The summed E-state index contributed by atoms with van der Waals surface area (Å²) in [5, 5.41) is 3.49. The number of aryl methyl sites for hydroxylation is 1. The number of carbonyl (C=O) groups is 2. The zero-order valence-corrected chi connectivity index (χ0v) is 23.1. The first kappa shape index (κ1) is 28.5. The van der Waals surface area contributed by atoms with Crippen molar-refractivity contribution in [2.24, 2.45) is 0 Å². The molecule has 0 saturated heterocycles. The van der Waals surface area contributed by atoms with E-state index in [4.69, 9.17) is 23.2 Å². The molecule has 10 heteroatoms. The fourth-order valence-corrected chi connectivity index (χ4v) is 5.60. The number of nitrogens with zero attached hydrogens (tertiary/aromatic N) is 2. The number of halogens is 2. The molecular weight excluding hydrogens is 533 g/mol. The summed E-state index contributed by atoms with van der Waals surface area (Å²) < 4.78 is 28.4. The summed E-state index contributed by atoms with van der Waals surface area (Å²) in [5.41, 5.74) is 1.84. The SMILES string of the molecule is CCNC(=O)C(C)N(Cc1ccc(Cl)cc1Cl)C(=O)CN(c1ccc(C)cc1)S(=O)(=O)c1ccccc1. The molecule has 7 nitrogen and oxygen atoms in total. The van der Waals surface area contributed by atoms with E-state index in [2.05, 4.69) is 5.32 Å². The van der Waals surface area contributed by atoms with Crippen LogP contribution >= 0.6 is 23.2 Å². The fraction of sp³-hybridized carbons (Fsp3) is 0.259. The first-order valence-corrected chi connectivity index (χ1v) is 13.9. The Bertz CT molecular complexity index is 1350. The van der Waals surface area contributed by atoms with Gasteiger partial charge in [-0.2, -0.15) is 0 Å². The molecule has 0 heterocycles. The van der Waals surface area contributed by atoms with Crippen LogP contribution in [0.2, 0.25) is 10.0 Å². The standard InChI is InChI=1S/C27H29Cl2N3O4S/c1-4-30-27(34)20(3)31(17-21-12-13-22(28)16-25(21)29)26(33)18-32(23-14-10-19(2)11-15-23)37(35,36)24-8-6-5-7-9-24/h5-16,20H,4,17-18H2,1-3H3,(H,30,34). The van der Waals surface area contributed by atoms with E-state index >= 15 is 0 Å². The van der Waals surface area contributed by atoms with Crippen LogP contribution in [0.1, 0.15) is 25.0 Å². The summed E-state index contributed by atoms with van der Waals surface area (Å²) in [7, 11) is -4.10. The topological polar surface area (TPSA) is 86.8 Å². The van der Waals surface area contributed by atoms with Crippen molar-refractivity contribution in [1.29, 1.82) is 0 Å². The Hall–Kier alpha value is -3.07. The number of hydrogen-bond donors (Lipinski definition) is 1. The van der Waals surface area contributed by atoms with Crippen LogP contribution in [0.4, 0.5) is 5.69 Å². The molecule has 0 radical (unpaired) electrons. The zero-order valence-electron chi connectivity index (χ0n) is 20.8. The molecule has 37 heavy (non-hydrogen) atoms. The van der Waals surface area contributed by atoms with Gasteiger partial charge < -0.3 is 10.2 Å². The molecule has 0 aromatic heterocycles. The summed E-state index contributed by atoms with van der Waals surface area (Å²) >= 11 is 12.4. The number of likely N-dealkylation sites (N-methyl/N-ethyl adjacent to an activating group) is 1. The maximum atomic E-state index is 13.8. The van der Waals surface area contributed by atoms with Crippen LogP contribution in [-0.4, -0.2) is 44.3 Å². The molecule has 0 aliphatic carbocycles. The van der Waals surface area contributed by atoms with Gasteiger partial charge in [0.05, 0.1) is 10.6 Å². The molecule has 0 spiro atoms. The Balaban J connectivity index is 2.03. The molecule has 0 aliphatic heterocycles. The quantitative estimate of drug-likeness (QED) is 0.375. The van der Waals surface area contributed by atoms with Crippen molar-refractivity contribution >= 4 is 50.7 Å². The van der Waals surface area contributed by atoms with Gasteiger partial charge in [-0.05, 0) is 62.7 Å². The van der Waals surface area contributed by atoms with Crippen molar-refractivity contribution in [3.8, 4) is 0 Å². The summed E-state index contributed by atoms with van der Waals surface area (Å²) in [6.45, 7) is 5.10. The van der Waals surface area contributed by atoms with Crippen LogP contribution in [0.25, 0.3) is 0 Å². The zero-order chi connectivity index (χ0) is 27.2. The summed E-state index contributed by atoms with van der Waals surface area (Å²) in [6, 6.07) is 18.7. The third-order valence-corrected chi connectivity index (χ3v) is 8.18. The number of amides is 2. The van der Waals surface area contributed by atoms with Gasteiger partial charge in [-0.15, -0.1) is 0 Å². The summed E-state index contributed by atoms with van der Waals surface area (Å²) in [6.07, 6.45) is 0. The van der Waals surface area contributed by atoms with Gasteiger partial charge in [0, 0.05) is 23.1 Å². The minimum atomic E-state index is -4.10. The second kappa shape index (κ2) is 12.4. The fourth-order valence-electron chi connectivity index (χ4n) is 3.70. The van der Waals surface area contributed by atoms with Gasteiger partial charge in [0.1, 0.15) is 12.6 Å². The van der Waals surface area contributed by atoms with E-state index in [1.165, 1.54) is 17.0 Å². The maximum Gasteiger partial charge on any atom is 0.264 e. The van der Waals surface area contributed by atoms with E-state index in [0.717, 1.165) is 9.87 Å². The van der Waals surface area contributed by atoms with Crippen molar-refractivity contribution in [2.45, 2.75) is 38.3 Å². The van der Waals surface area contributed by atoms with Gasteiger partial charge in [0.15, 0.2) is 0 Å². The van der Waals surface area contributed by atoms with Crippen molar-refractivity contribution in [3.63, 3.8) is 0 Å². The molecule has 0 aliphatic rings. The lowest BCUT2D eigenvalue weighted by Crippen LogP contribution is -2.51. The van der Waals surface area contributed by atoms with Crippen LogP contribution in [0.5, 0.6) is 0 Å². The lowest BCUT2D eigenvalue weighted by atomic mass is 10.1. The highest BCUT2D eigenvalue weighted by Gasteiger charge is 2.32. The molecule has 3 rings (SSSR count). The molecular formula is C27H29Cl2N3O4S. The Labute approximate surface area is 228 Å². The van der Waals surface area contributed by atoms with Crippen LogP contribution < -0.4 is 9.62 Å². The molecule has 1 N–H and O–H groups in total. The average Bonchev–Trinajstić information content (AvgIpc) is 2.87. The lowest BCUT2D eigenvalue weighted by Gasteiger charge is -2.32. The smallest absolute Gasteiger partial charge is 0.264 e. The number of benzene rings is 3. The number of anilines is 1. The monoisotopic (exact) mass is 561 g/mol. The van der Waals surface area contributed by atoms with Crippen molar-refractivity contribution in [1.82, 2.24) is 10.2 Å². The molecule has 0 saturated carbocycles. The first-order valence-electron chi connectivity index (χ1n) is 11.7. The summed E-state index contributed by atoms with van der Waals surface area (Å²) in [5.74, 6) is -0.932. The Morgan fingerprint density at radius 3 is 2.22 bits per heavy atom. The number of sulfonamides is 1. The minimum Gasteiger partial charge on any atom is -0.355 e. The lowest BCUT2D eigenvalue weighted by molar-refractivity contribution is -0.139. The van der Waals surface area contributed by atoms with Crippen LogP contribution in [-0.2, 0) is 26.2 Å². The van der Waals surface area contributed by atoms with Crippen LogP contribution in [0, 0.1) is 6.92 Å². The first-order chi connectivity index (χ1) is 17.5. The molecule has 1 atom stereocenters. The molecule has 0 fully saturated rings. The predicted molar refractivity (Wildman–Crippen MR) is 147 cm³/mol. The largest absolute Gasteiger partial charge is 0.355 e. The summed E-state index contributed by atoms with van der Waals surface area (Å²) in [4.78, 5) is 27.9. The molecule has 0 bridgehead atoms. The second-order valence-corrected chi connectivity index (χ2v) is 11.2. The second-order valence-electron chi connectivity index (χ2n) is 8.49. The van der Waals surface area contributed by atoms with E-state index in [1.54, 1.807) is 74.5 Å². The highest BCUT2D eigenvalue weighted by molar-refractivity contribution is 7.92. The minimum absolute atomic E-state index is 0.0136. The van der Waals surface area contributed by atoms with E-state index in [1.807, 2.05) is 6.92 Å². The van der Waals surface area contributed by atoms with E-state index < -0.39 is 28.5 Å². The number of hydrogen-bond acceptors (Lipinski definition) is 4. The van der Waals surface area contributed by atoms with Gasteiger partial charge >= 0.3 is 0 Å². The van der Waals surface area contributed by atoms with E-state index in [-0.39, 0.29) is 17.3 Å². The average molecular weight is 563 g/mol. The molecule has 2 amide bonds. The van der Waals surface area contributed by atoms with Gasteiger partial charge in [0.2, 0.25) is 11.8 Å². The Kier molecular flexibility index (Phi) is 9.59. The highest BCUT2D eigenvalue weighted by Crippen LogP contribution is 2.26. The number of rotatable bonds is 10. The normalized spacial score (nSPS) is 12.0. The van der Waals surface area contributed by atoms with Crippen molar-refractivity contribution in [3.05, 3.63) is 94.0 Å². The Morgan fingerprint density at radius 2 is 1.62 bits per heavy atom. The molecule has 1 unspecified atom stereocenters. The maximum absolute atomic E-state index is 13.8. The predicted octanol–water partition coefficient (Wildman–Crippen LogP) is 5.05. The molecule has 3 aromatic rings.